The minimum absolute atomic E-state index is 0.0567. The molecule has 130 valence electrons. The molecule has 0 atom stereocenters. The summed E-state index contributed by atoms with van der Waals surface area (Å²) in [7, 11) is 1.64. The number of nitrogens with zero attached hydrogens (tertiary/aromatic N) is 1. The van der Waals surface area contributed by atoms with Gasteiger partial charge in [-0.3, -0.25) is 4.79 Å². The number of halogens is 1. The van der Waals surface area contributed by atoms with Gasteiger partial charge in [-0.2, -0.15) is 0 Å². The highest BCUT2D eigenvalue weighted by atomic mass is 35.5. The predicted octanol–water partition coefficient (Wildman–Crippen LogP) is 3.94. The number of carbonyl (C=O) groups excluding carboxylic acids is 1. The van der Waals surface area contributed by atoms with Gasteiger partial charge < -0.3 is 14.5 Å². The molecule has 0 aliphatic heterocycles. The number of benzene rings is 2. The first kappa shape index (κ1) is 17.6. The highest BCUT2D eigenvalue weighted by Gasteiger charge is 2.09. The Morgan fingerprint density at radius 3 is 2.84 bits per heavy atom. The summed E-state index contributed by atoms with van der Waals surface area (Å²) in [6.45, 7) is 0.578. The Morgan fingerprint density at radius 2 is 2.08 bits per heavy atom. The molecule has 2 aromatic carbocycles. The first-order valence-corrected chi connectivity index (χ1v) is 9.09. The number of fused-ring (bicyclic) bond motifs is 1. The molecular weight excluding hydrogens is 360 g/mol. The molecule has 0 fully saturated rings. The van der Waals surface area contributed by atoms with Crippen molar-refractivity contribution in [2.45, 2.75) is 11.6 Å². The third kappa shape index (κ3) is 4.90. The van der Waals surface area contributed by atoms with Gasteiger partial charge in [-0.1, -0.05) is 35.5 Å². The molecule has 0 aliphatic rings. The quantitative estimate of drug-likeness (QED) is 0.633. The molecule has 1 heterocycles. The summed E-state index contributed by atoms with van der Waals surface area (Å²) < 4.78 is 10.7. The molecule has 0 aliphatic carbocycles. The van der Waals surface area contributed by atoms with E-state index < -0.39 is 0 Å². The maximum absolute atomic E-state index is 11.9. The topological polar surface area (TPSA) is 64.4 Å². The lowest BCUT2D eigenvalue weighted by Crippen LogP contribution is -2.27. The molecule has 0 radical (unpaired) electrons. The number of hydrogen-bond acceptors (Lipinski definition) is 5. The Hall–Kier alpha value is -2.18. The summed E-state index contributed by atoms with van der Waals surface area (Å²) in [5.74, 6) is 1.02. The monoisotopic (exact) mass is 376 g/mol. The van der Waals surface area contributed by atoms with E-state index in [4.69, 9.17) is 20.8 Å². The molecule has 0 saturated carbocycles. The number of carbonyl (C=O) groups is 1. The number of aromatic nitrogens is 1. The van der Waals surface area contributed by atoms with Crippen molar-refractivity contribution in [3.8, 4) is 5.75 Å². The van der Waals surface area contributed by atoms with Crippen molar-refractivity contribution in [2.75, 3.05) is 19.4 Å². The van der Waals surface area contributed by atoms with Gasteiger partial charge in [0.25, 0.3) is 5.22 Å². The van der Waals surface area contributed by atoms with Crippen LogP contribution < -0.4 is 10.1 Å². The maximum atomic E-state index is 11.9. The standard InChI is InChI=1S/C18H17ClN2O3S/c1-23-14-5-2-12(3-6-14)8-9-20-17(22)11-25-18-21-15-10-13(19)4-7-16(15)24-18/h2-7,10H,8-9,11H2,1H3,(H,20,22). The fourth-order valence-corrected chi connectivity index (χ4v) is 3.09. The Labute approximate surface area is 154 Å². The molecular formula is C18H17ClN2O3S. The fraction of sp³-hybridized carbons (Fsp3) is 0.222. The largest absolute Gasteiger partial charge is 0.497 e. The first-order chi connectivity index (χ1) is 12.1. The summed E-state index contributed by atoms with van der Waals surface area (Å²) in [6, 6.07) is 13.0. The Morgan fingerprint density at radius 1 is 1.28 bits per heavy atom. The van der Waals surface area contributed by atoms with Gasteiger partial charge >= 0.3 is 0 Å². The lowest BCUT2D eigenvalue weighted by molar-refractivity contribution is -0.118. The van der Waals surface area contributed by atoms with Crippen LogP contribution in [0.4, 0.5) is 0 Å². The van der Waals surface area contributed by atoms with E-state index in [0.717, 1.165) is 17.7 Å². The van der Waals surface area contributed by atoms with Crippen LogP contribution in [0.1, 0.15) is 5.56 Å². The maximum Gasteiger partial charge on any atom is 0.257 e. The Bertz CT molecular complexity index is 864. The summed E-state index contributed by atoms with van der Waals surface area (Å²) >= 11 is 7.18. The zero-order valence-corrected chi connectivity index (χ0v) is 15.2. The average molecular weight is 377 g/mol. The van der Waals surface area contributed by atoms with E-state index in [1.807, 2.05) is 24.3 Å². The van der Waals surface area contributed by atoms with Crippen molar-refractivity contribution in [1.29, 1.82) is 0 Å². The number of methoxy groups -OCH3 is 1. The highest BCUT2D eigenvalue weighted by molar-refractivity contribution is 7.99. The molecule has 3 aromatic rings. The predicted molar refractivity (Wildman–Crippen MR) is 99.5 cm³/mol. The van der Waals surface area contributed by atoms with Gasteiger partial charge in [-0.15, -0.1) is 0 Å². The summed E-state index contributed by atoms with van der Waals surface area (Å²) in [4.78, 5) is 16.2. The minimum Gasteiger partial charge on any atom is -0.497 e. The van der Waals surface area contributed by atoms with Gasteiger partial charge in [0.1, 0.15) is 11.3 Å². The van der Waals surface area contributed by atoms with E-state index in [1.54, 1.807) is 25.3 Å². The van der Waals surface area contributed by atoms with E-state index >= 15 is 0 Å². The molecule has 0 bridgehead atoms. The second-order valence-electron chi connectivity index (χ2n) is 5.33. The van der Waals surface area contributed by atoms with Crippen LogP contribution in [-0.2, 0) is 11.2 Å². The van der Waals surface area contributed by atoms with Gasteiger partial charge in [-0.25, -0.2) is 4.98 Å². The molecule has 25 heavy (non-hydrogen) atoms. The normalized spacial score (nSPS) is 10.8. The van der Waals surface area contributed by atoms with Crippen LogP contribution in [0.5, 0.6) is 5.75 Å². The SMILES string of the molecule is COc1ccc(CCNC(=O)CSc2nc3cc(Cl)ccc3o2)cc1. The van der Waals surface area contributed by atoms with Crippen molar-refractivity contribution >= 4 is 40.4 Å². The third-order valence-corrected chi connectivity index (χ3v) is 4.61. The van der Waals surface area contributed by atoms with Gasteiger partial charge in [0.15, 0.2) is 5.58 Å². The van der Waals surface area contributed by atoms with Crippen LogP contribution in [-0.4, -0.2) is 30.3 Å². The zero-order valence-electron chi connectivity index (χ0n) is 13.6. The number of hydrogen-bond donors (Lipinski definition) is 1. The smallest absolute Gasteiger partial charge is 0.257 e. The molecule has 1 amide bonds. The summed E-state index contributed by atoms with van der Waals surface area (Å²) in [5, 5.41) is 3.96. The van der Waals surface area contributed by atoms with Crippen LogP contribution in [0.15, 0.2) is 52.1 Å². The molecule has 5 nitrogen and oxygen atoms in total. The van der Waals surface area contributed by atoms with E-state index in [-0.39, 0.29) is 11.7 Å². The molecule has 3 rings (SSSR count). The van der Waals surface area contributed by atoms with Gasteiger partial charge in [0.2, 0.25) is 5.91 Å². The van der Waals surface area contributed by atoms with Crippen molar-refractivity contribution in [3.05, 3.63) is 53.1 Å². The molecule has 1 N–H and O–H groups in total. The van der Waals surface area contributed by atoms with E-state index in [2.05, 4.69) is 10.3 Å². The van der Waals surface area contributed by atoms with E-state index in [1.165, 1.54) is 11.8 Å². The Kier molecular flexibility index (Phi) is 5.83. The van der Waals surface area contributed by atoms with Crippen LogP contribution in [0.3, 0.4) is 0 Å². The summed E-state index contributed by atoms with van der Waals surface area (Å²) in [5.41, 5.74) is 2.49. The van der Waals surface area contributed by atoms with Crippen LogP contribution in [0.2, 0.25) is 5.02 Å². The number of rotatable bonds is 7. The third-order valence-electron chi connectivity index (χ3n) is 3.55. The van der Waals surface area contributed by atoms with Crippen molar-refractivity contribution in [3.63, 3.8) is 0 Å². The Balaban J connectivity index is 1.44. The highest BCUT2D eigenvalue weighted by Crippen LogP contribution is 2.25. The van der Waals surface area contributed by atoms with E-state index in [0.29, 0.717) is 27.9 Å². The molecule has 0 spiro atoms. The van der Waals surface area contributed by atoms with Crippen LogP contribution in [0.25, 0.3) is 11.1 Å². The number of amides is 1. The number of thioether (sulfide) groups is 1. The molecule has 1 aromatic heterocycles. The lowest BCUT2D eigenvalue weighted by Gasteiger charge is -2.05. The van der Waals surface area contributed by atoms with Gasteiger partial charge in [-0.05, 0) is 42.3 Å². The van der Waals surface area contributed by atoms with Crippen molar-refractivity contribution < 1.29 is 13.9 Å². The van der Waals surface area contributed by atoms with Gasteiger partial charge in [0.05, 0.1) is 12.9 Å². The lowest BCUT2D eigenvalue weighted by atomic mass is 10.1. The second-order valence-corrected chi connectivity index (χ2v) is 6.69. The van der Waals surface area contributed by atoms with Crippen LogP contribution in [0, 0.1) is 0 Å². The molecule has 0 unspecified atom stereocenters. The molecule has 7 heteroatoms. The number of nitrogens with one attached hydrogen (secondary N) is 1. The van der Waals surface area contributed by atoms with Crippen molar-refractivity contribution in [2.24, 2.45) is 0 Å². The minimum atomic E-state index is -0.0567. The number of ether oxygens (including phenoxy) is 1. The van der Waals surface area contributed by atoms with Crippen LogP contribution >= 0.6 is 23.4 Å². The van der Waals surface area contributed by atoms with Gasteiger partial charge in [0, 0.05) is 11.6 Å². The summed E-state index contributed by atoms with van der Waals surface area (Å²) in [6.07, 6.45) is 0.766. The van der Waals surface area contributed by atoms with E-state index in [9.17, 15) is 4.79 Å². The van der Waals surface area contributed by atoms with Crippen molar-refractivity contribution in [1.82, 2.24) is 10.3 Å². The second kappa shape index (κ2) is 8.27. The molecule has 0 saturated heterocycles. The fourth-order valence-electron chi connectivity index (χ4n) is 2.26. The number of oxazole rings is 1. The average Bonchev–Trinajstić information content (AvgIpc) is 3.02. The zero-order chi connectivity index (χ0) is 17.6. The first-order valence-electron chi connectivity index (χ1n) is 7.72.